The van der Waals surface area contributed by atoms with Crippen LogP contribution in [0.25, 0.3) is 0 Å². The smallest absolute Gasteiger partial charge is 0.246 e. The van der Waals surface area contributed by atoms with Crippen LogP contribution >= 0.6 is 24.0 Å². The largest absolute Gasteiger partial charge is 0.371 e. The van der Waals surface area contributed by atoms with E-state index in [0.717, 1.165) is 12.1 Å². The molecule has 2 aromatic heterocycles. The minimum Gasteiger partial charge on any atom is -0.371 e. The second-order valence-corrected chi connectivity index (χ2v) is 6.59. The molecule has 2 rings (SSSR count). The number of nitrogens with one attached hydrogen (secondary N) is 2. The van der Waals surface area contributed by atoms with E-state index in [1.54, 1.807) is 7.05 Å². The summed E-state index contributed by atoms with van der Waals surface area (Å²) in [6.45, 7) is 11.1. The Hall–Kier alpha value is -1.69. The quantitative estimate of drug-likeness (QED) is 0.323. The lowest BCUT2D eigenvalue weighted by molar-refractivity contribution is 0.0683. The van der Waals surface area contributed by atoms with E-state index >= 15 is 0 Å². The summed E-state index contributed by atoms with van der Waals surface area (Å²) in [6.07, 6.45) is 0.680. The summed E-state index contributed by atoms with van der Waals surface area (Å²) < 4.78 is 12.7. The van der Waals surface area contributed by atoms with Gasteiger partial charge in [-0.25, -0.2) is 0 Å². The monoisotopic (exact) mass is 505 g/mol. The Balaban J connectivity index is 0.00000392. The van der Waals surface area contributed by atoms with Gasteiger partial charge in [0, 0.05) is 32.4 Å². The van der Waals surface area contributed by atoms with Crippen molar-refractivity contribution in [3.63, 3.8) is 0 Å². The third kappa shape index (κ3) is 6.43. The van der Waals surface area contributed by atoms with Crippen LogP contribution in [0.2, 0.25) is 0 Å². The summed E-state index contributed by atoms with van der Waals surface area (Å²) in [5.41, 5.74) is 3.51. The lowest BCUT2D eigenvalue weighted by atomic mass is 10.1. The Morgan fingerprint density at radius 3 is 2.61 bits per heavy atom. The van der Waals surface area contributed by atoms with Crippen molar-refractivity contribution < 1.29 is 9.26 Å². The van der Waals surface area contributed by atoms with Crippen LogP contribution < -0.4 is 10.6 Å². The topological polar surface area (TPSA) is 102 Å². The third-order valence-corrected chi connectivity index (χ3v) is 4.45. The van der Waals surface area contributed by atoms with Crippen LogP contribution in [0.3, 0.4) is 0 Å². The molecule has 28 heavy (non-hydrogen) atoms. The molecule has 2 unspecified atom stereocenters. The van der Waals surface area contributed by atoms with Gasteiger partial charge >= 0.3 is 0 Å². The Labute approximate surface area is 183 Å². The number of ether oxygens (including phenoxy) is 1. The van der Waals surface area contributed by atoms with Gasteiger partial charge in [-0.15, -0.1) is 24.0 Å². The van der Waals surface area contributed by atoms with Crippen molar-refractivity contribution >= 4 is 29.9 Å². The Morgan fingerprint density at radius 1 is 1.32 bits per heavy atom. The highest BCUT2D eigenvalue weighted by molar-refractivity contribution is 14.0. The molecule has 9 nitrogen and oxygen atoms in total. The van der Waals surface area contributed by atoms with Crippen molar-refractivity contribution in [2.24, 2.45) is 12.0 Å². The van der Waals surface area contributed by atoms with E-state index in [0.29, 0.717) is 30.8 Å². The van der Waals surface area contributed by atoms with Crippen molar-refractivity contribution in [1.82, 2.24) is 30.6 Å². The fraction of sp³-hybridized carbons (Fsp3) is 0.667. The zero-order valence-corrected chi connectivity index (χ0v) is 20.1. The molecule has 0 aliphatic heterocycles. The van der Waals surface area contributed by atoms with Gasteiger partial charge in [-0.05, 0) is 46.6 Å². The predicted octanol–water partition coefficient (Wildman–Crippen LogP) is 2.43. The second-order valence-electron chi connectivity index (χ2n) is 6.59. The molecule has 0 radical (unpaired) electrons. The molecule has 2 aromatic rings. The molecule has 2 heterocycles. The summed E-state index contributed by atoms with van der Waals surface area (Å²) in [6, 6.07) is 0.189. The van der Waals surface area contributed by atoms with Gasteiger partial charge in [0.15, 0.2) is 11.8 Å². The SMILES string of the molecule is CCOC(C)c1noc(CNC(=NC)NC(C)Cc2c(C)nn(C)c2C)n1.I. The van der Waals surface area contributed by atoms with Gasteiger partial charge in [-0.1, -0.05) is 5.16 Å². The Morgan fingerprint density at radius 2 is 2.04 bits per heavy atom. The van der Waals surface area contributed by atoms with Gasteiger partial charge in [0.2, 0.25) is 5.89 Å². The van der Waals surface area contributed by atoms with E-state index in [1.807, 2.05) is 32.5 Å². The molecule has 0 amide bonds. The zero-order valence-electron chi connectivity index (χ0n) is 17.7. The van der Waals surface area contributed by atoms with Crippen LogP contribution in [0, 0.1) is 13.8 Å². The first kappa shape index (κ1) is 24.3. The molecular weight excluding hydrogens is 473 g/mol. The van der Waals surface area contributed by atoms with E-state index < -0.39 is 0 Å². The first-order valence-electron chi connectivity index (χ1n) is 9.26. The minimum absolute atomic E-state index is 0. The summed E-state index contributed by atoms with van der Waals surface area (Å²) in [7, 11) is 3.70. The van der Waals surface area contributed by atoms with Gasteiger partial charge in [0.1, 0.15) is 6.10 Å². The molecule has 2 N–H and O–H groups in total. The molecule has 0 spiro atoms. The van der Waals surface area contributed by atoms with Gasteiger partial charge < -0.3 is 19.9 Å². The van der Waals surface area contributed by atoms with E-state index in [1.165, 1.54) is 11.3 Å². The minimum atomic E-state index is -0.184. The maximum Gasteiger partial charge on any atom is 0.246 e. The molecule has 10 heteroatoms. The van der Waals surface area contributed by atoms with E-state index in [2.05, 4.69) is 44.7 Å². The molecule has 158 valence electrons. The number of aliphatic imine (C=N–C) groups is 1. The van der Waals surface area contributed by atoms with Crippen LogP contribution in [0.1, 0.15) is 55.5 Å². The van der Waals surface area contributed by atoms with Gasteiger partial charge in [-0.2, -0.15) is 10.1 Å². The van der Waals surface area contributed by atoms with Crippen molar-refractivity contribution in [2.75, 3.05) is 13.7 Å². The molecule has 0 fully saturated rings. The predicted molar refractivity (Wildman–Crippen MR) is 119 cm³/mol. The maximum absolute atomic E-state index is 5.47. The average Bonchev–Trinajstić information content (AvgIpc) is 3.19. The molecule has 0 aliphatic carbocycles. The summed E-state index contributed by atoms with van der Waals surface area (Å²) in [5.74, 6) is 1.72. The highest BCUT2D eigenvalue weighted by Gasteiger charge is 2.16. The highest BCUT2D eigenvalue weighted by Crippen LogP contribution is 2.14. The summed E-state index contributed by atoms with van der Waals surface area (Å²) in [5, 5.41) is 15.0. The molecule has 2 atom stereocenters. The lowest BCUT2D eigenvalue weighted by Gasteiger charge is -2.17. The number of hydrogen-bond acceptors (Lipinski definition) is 6. The number of guanidine groups is 1. The van der Waals surface area contributed by atoms with Crippen molar-refractivity contribution in [2.45, 2.75) is 59.7 Å². The van der Waals surface area contributed by atoms with E-state index in [-0.39, 0.29) is 36.1 Å². The number of hydrogen-bond donors (Lipinski definition) is 2. The fourth-order valence-electron chi connectivity index (χ4n) is 2.89. The summed E-state index contributed by atoms with van der Waals surface area (Å²) in [4.78, 5) is 8.61. The van der Waals surface area contributed by atoms with Crippen molar-refractivity contribution in [1.29, 1.82) is 0 Å². The number of rotatable bonds is 8. The van der Waals surface area contributed by atoms with Crippen LogP contribution in [0.15, 0.2) is 9.52 Å². The maximum atomic E-state index is 5.47. The third-order valence-electron chi connectivity index (χ3n) is 4.45. The van der Waals surface area contributed by atoms with Crippen molar-refractivity contribution in [3.05, 3.63) is 28.7 Å². The van der Waals surface area contributed by atoms with Crippen LogP contribution in [-0.4, -0.2) is 45.6 Å². The number of aryl methyl sites for hydroxylation is 2. The summed E-state index contributed by atoms with van der Waals surface area (Å²) >= 11 is 0. The standard InChI is InChI=1S/C18H31N7O2.HI/c1-8-26-14(5)17-22-16(27-24-17)10-20-18(19-6)21-11(2)9-15-12(3)23-25(7)13(15)4;/h11,14H,8-10H2,1-7H3,(H2,19,20,21);1H. The van der Waals surface area contributed by atoms with E-state index in [4.69, 9.17) is 9.26 Å². The normalized spacial score (nSPS) is 13.8. The first-order valence-corrected chi connectivity index (χ1v) is 9.26. The Kier molecular flexibility index (Phi) is 9.87. The second kappa shape index (κ2) is 11.3. The molecular formula is C18H32IN7O2. The molecule has 0 saturated carbocycles. The molecule has 0 saturated heterocycles. The van der Waals surface area contributed by atoms with Crippen LogP contribution in [0.5, 0.6) is 0 Å². The van der Waals surface area contributed by atoms with Crippen LogP contribution in [0.4, 0.5) is 0 Å². The highest BCUT2D eigenvalue weighted by atomic mass is 127. The van der Waals surface area contributed by atoms with Crippen LogP contribution in [-0.2, 0) is 24.8 Å². The average molecular weight is 505 g/mol. The lowest BCUT2D eigenvalue weighted by Crippen LogP contribution is -2.42. The number of aromatic nitrogens is 4. The first-order chi connectivity index (χ1) is 12.8. The fourth-order valence-corrected chi connectivity index (χ4v) is 2.89. The van der Waals surface area contributed by atoms with Crippen molar-refractivity contribution in [3.8, 4) is 0 Å². The zero-order chi connectivity index (χ0) is 20.0. The van der Waals surface area contributed by atoms with E-state index in [9.17, 15) is 0 Å². The number of halogens is 1. The molecule has 0 bridgehead atoms. The Bertz CT molecular complexity index is 772. The van der Waals surface area contributed by atoms with Gasteiger partial charge in [0.25, 0.3) is 0 Å². The van der Waals surface area contributed by atoms with Gasteiger partial charge in [0.05, 0.1) is 12.2 Å². The van der Waals surface area contributed by atoms with Gasteiger partial charge in [-0.3, -0.25) is 9.67 Å². The molecule has 0 aromatic carbocycles. The number of nitrogens with zero attached hydrogens (tertiary/aromatic N) is 5. The molecule has 0 aliphatic rings.